The van der Waals surface area contributed by atoms with Crippen LogP contribution in [0.15, 0.2) is 0 Å². The van der Waals surface area contributed by atoms with Gasteiger partial charge in [0.25, 0.3) is 0 Å². The molecule has 5 heteroatoms. The van der Waals surface area contributed by atoms with Gasteiger partial charge >= 0.3 is 9.05 Å². The second kappa shape index (κ2) is 4.34. The van der Waals surface area contributed by atoms with Gasteiger partial charge in [0.05, 0.1) is 0 Å². The monoisotopic (exact) mass is 194 g/mol. The van der Waals surface area contributed by atoms with Gasteiger partial charge in [0, 0.05) is 20.8 Å². The molecule has 0 unspecified atom stereocenters. The average molecular weight is 194 g/mol. The number of hydrogen-bond acceptors (Lipinski definition) is 4. The highest BCUT2D eigenvalue weighted by Gasteiger charge is 2.39. The Morgan fingerprint density at radius 1 is 1.17 bits per heavy atom. The normalized spacial score (nSPS) is 13.5. The molecule has 0 spiro atoms. The molecule has 4 nitrogen and oxygen atoms in total. The minimum atomic E-state index is -3.31. The van der Waals surface area contributed by atoms with Gasteiger partial charge in [-0.05, 0) is 5.41 Å². The fraction of sp³-hybridized carbons (Fsp3) is 1.00. The molecule has 0 heterocycles. The smallest absolute Gasteiger partial charge is 0.367 e. The van der Waals surface area contributed by atoms with E-state index in [1.807, 2.05) is 20.8 Å². The summed E-state index contributed by atoms with van der Waals surface area (Å²) in [5.74, 6) is 0. The SMILES string of the molecule is CO[Si](O)(OC)OCC(C)(C)C. The van der Waals surface area contributed by atoms with E-state index in [0.29, 0.717) is 6.61 Å². The Balaban J connectivity index is 3.89. The molecule has 0 fully saturated rings. The van der Waals surface area contributed by atoms with Crippen LogP contribution in [0.3, 0.4) is 0 Å². The highest BCUT2D eigenvalue weighted by atomic mass is 28.4. The van der Waals surface area contributed by atoms with E-state index < -0.39 is 9.05 Å². The lowest BCUT2D eigenvalue weighted by atomic mass is 9.99. The minimum absolute atomic E-state index is 0.00194. The van der Waals surface area contributed by atoms with E-state index in [4.69, 9.17) is 13.3 Å². The molecule has 0 rings (SSSR count). The van der Waals surface area contributed by atoms with E-state index in [2.05, 4.69) is 0 Å². The molecule has 1 N–H and O–H groups in total. The molecule has 0 aliphatic carbocycles. The lowest BCUT2D eigenvalue weighted by Crippen LogP contribution is -2.45. The number of rotatable bonds is 4. The Hall–Kier alpha value is 0.0569. The minimum Gasteiger partial charge on any atom is -0.367 e. The second-order valence-corrected chi connectivity index (χ2v) is 5.93. The van der Waals surface area contributed by atoms with Crippen molar-refractivity contribution >= 4 is 9.05 Å². The summed E-state index contributed by atoms with van der Waals surface area (Å²) in [6.07, 6.45) is 0. The summed E-state index contributed by atoms with van der Waals surface area (Å²) in [6, 6.07) is 0. The van der Waals surface area contributed by atoms with Crippen molar-refractivity contribution in [2.24, 2.45) is 5.41 Å². The molecule has 0 bridgehead atoms. The van der Waals surface area contributed by atoms with Crippen LogP contribution in [0.1, 0.15) is 20.8 Å². The van der Waals surface area contributed by atoms with E-state index in [-0.39, 0.29) is 5.41 Å². The molecule has 0 saturated heterocycles. The molecule has 74 valence electrons. The summed E-state index contributed by atoms with van der Waals surface area (Å²) in [5.41, 5.74) is -0.00194. The first-order valence-electron chi connectivity index (χ1n) is 3.79. The van der Waals surface area contributed by atoms with Crippen molar-refractivity contribution in [3.8, 4) is 0 Å². The van der Waals surface area contributed by atoms with E-state index in [1.165, 1.54) is 14.2 Å². The van der Waals surface area contributed by atoms with Gasteiger partial charge in [0.15, 0.2) is 0 Å². The first-order valence-corrected chi connectivity index (χ1v) is 5.47. The molecule has 0 atom stereocenters. The molecule has 0 aromatic carbocycles. The van der Waals surface area contributed by atoms with E-state index in [0.717, 1.165) is 0 Å². The second-order valence-electron chi connectivity index (χ2n) is 3.78. The first-order chi connectivity index (χ1) is 5.33. The van der Waals surface area contributed by atoms with Crippen LogP contribution < -0.4 is 0 Å². The van der Waals surface area contributed by atoms with Crippen LogP contribution in [0.2, 0.25) is 0 Å². The zero-order chi connectivity index (χ0) is 9.83. The van der Waals surface area contributed by atoms with Crippen LogP contribution in [0.4, 0.5) is 0 Å². The van der Waals surface area contributed by atoms with Crippen LogP contribution in [0.5, 0.6) is 0 Å². The summed E-state index contributed by atoms with van der Waals surface area (Å²) in [4.78, 5) is 9.46. The Kier molecular flexibility index (Phi) is 4.36. The third kappa shape index (κ3) is 4.84. The predicted molar refractivity (Wildman–Crippen MR) is 47.4 cm³/mol. The fourth-order valence-corrected chi connectivity index (χ4v) is 1.53. The summed E-state index contributed by atoms with van der Waals surface area (Å²) in [6.45, 7) is 6.44. The quantitative estimate of drug-likeness (QED) is 0.672. The van der Waals surface area contributed by atoms with E-state index in [1.54, 1.807) is 0 Å². The van der Waals surface area contributed by atoms with Gasteiger partial charge in [-0.15, -0.1) is 0 Å². The maximum absolute atomic E-state index is 9.46. The van der Waals surface area contributed by atoms with Gasteiger partial charge in [-0.2, -0.15) is 0 Å². The maximum Gasteiger partial charge on any atom is 0.676 e. The fourth-order valence-electron chi connectivity index (χ4n) is 0.509. The summed E-state index contributed by atoms with van der Waals surface area (Å²) in [5, 5.41) is 0. The van der Waals surface area contributed by atoms with Crippen LogP contribution in [-0.4, -0.2) is 34.7 Å². The van der Waals surface area contributed by atoms with Crippen molar-refractivity contribution in [3.05, 3.63) is 0 Å². The Morgan fingerprint density at radius 2 is 1.58 bits per heavy atom. The van der Waals surface area contributed by atoms with Crippen molar-refractivity contribution in [1.29, 1.82) is 0 Å². The molecule has 0 aromatic heterocycles. The van der Waals surface area contributed by atoms with Crippen LogP contribution >= 0.6 is 0 Å². The first kappa shape index (κ1) is 12.1. The van der Waals surface area contributed by atoms with Gasteiger partial charge in [-0.3, -0.25) is 0 Å². The summed E-state index contributed by atoms with van der Waals surface area (Å²) < 4.78 is 14.6. The third-order valence-corrected chi connectivity index (χ3v) is 2.74. The molecular weight excluding hydrogens is 176 g/mol. The van der Waals surface area contributed by atoms with Gasteiger partial charge in [-0.25, -0.2) is 0 Å². The van der Waals surface area contributed by atoms with Gasteiger partial charge in [0.1, 0.15) is 0 Å². The van der Waals surface area contributed by atoms with Gasteiger partial charge in [-0.1, -0.05) is 20.8 Å². The lowest BCUT2D eigenvalue weighted by Gasteiger charge is -2.24. The summed E-state index contributed by atoms with van der Waals surface area (Å²) >= 11 is 0. The molecular formula is C7H18O4Si. The van der Waals surface area contributed by atoms with E-state index in [9.17, 15) is 4.80 Å². The van der Waals surface area contributed by atoms with Gasteiger partial charge < -0.3 is 18.1 Å². The molecule has 0 aliphatic heterocycles. The highest BCUT2D eigenvalue weighted by Crippen LogP contribution is 2.15. The zero-order valence-electron chi connectivity index (χ0n) is 8.38. The van der Waals surface area contributed by atoms with Crippen molar-refractivity contribution < 1.29 is 18.1 Å². The Labute approximate surface area is 74.9 Å². The topological polar surface area (TPSA) is 47.9 Å². The lowest BCUT2D eigenvalue weighted by molar-refractivity contribution is 0.00272. The molecule has 0 aliphatic rings. The molecule has 12 heavy (non-hydrogen) atoms. The van der Waals surface area contributed by atoms with Crippen molar-refractivity contribution in [3.63, 3.8) is 0 Å². The van der Waals surface area contributed by atoms with Crippen molar-refractivity contribution in [2.75, 3.05) is 20.8 Å². The standard InChI is InChI=1S/C7H18O4Si/c1-7(2,3)6-11-12(8,9-4)10-5/h8H,6H2,1-5H3. The summed E-state index contributed by atoms with van der Waals surface area (Å²) in [7, 11) is -0.560. The van der Waals surface area contributed by atoms with Crippen LogP contribution in [-0.2, 0) is 13.3 Å². The van der Waals surface area contributed by atoms with Crippen molar-refractivity contribution in [1.82, 2.24) is 0 Å². The Morgan fingerprint density at radius 3 is 1.83 bits per heavy atom. The largest absolute Gasteiger partial charge is 0.676 e. The average Bonchev–Trinajstić information content (AvgIpc) is 1.99. The highest BCUT2D eigenvalue weighted by molar-refractivity contribution is 6.51. The van der Waals surface area contributed by atoms with E-state index >= 15 is 0 Å². The molecule has 0 radical (unpaired) electrons. The zero-order valence-corrected chi connectivity index (χ0v) is 9.38. The van der Waals surface area contributed by atoms with Crippen molar-refractivity contribution in [2.45, 2.75) is 20.8 Å². The molecule has 0 aromatic rings. The molecule has 0 saturated carbocycles. The third-order valence-electron chi connectivity index (χ3n) is 1.20. The maximum atomic E-state index is 9.46. The number of hydrogen-bond donors (Lipinski definition) is 1. The predicted octanol–water partition coefficient (Wildman–Crippen LogP) is 0.770. The van der Waals surface area contributed by atoms with Crippen LogP contribution in [0, 0.1) is 5.41 Å². The van der Waals surface area contributed by atoms with Gasteiger partial charge in [0.2, 0.25) is 0 Å². The molecule has 0 amide bonds. The Bertz CT molecular complexity index is 128. The van der Waals surface area contributed by atoms with Crippen LogP contribution in [0.25, 0.3) is 0 Å².